The highest BCUT2D eigenvalue weighted by molar-refractivity contribution is 7.99. The summed E-state index contributed by atoms with van der Waals surface area (Å²) in [7, 11) is 2.06. The fourth-order valence-electron chi connectivity index (χ4n) is 2.22. The number of hydrogen-bond donors (Lipinski definition) is 1. The zero-order chi connectivity index (χ0) is 12.8. The van der Waals surface area contributed by atoms with E-state index in [9.17, 15) is 0 Å². The van der Waals surface area contributed by atoms with E-state index in [0.717, 1.165) is 43.0 Å². The Kier molecular flexibility index (Phi) is 5.46. The summed E-state index contributed by atoms with van der Waals surface area (Å²) < 4.78 is 7.46. The van der Waals surface area contributed by atoms with Gasteiger partial charge in [-0.1, -0.05) is 11.8 Å². The lowest BCUT2D eigenvalue weighted by molar-refractivity contribution is 0.164. The zero-order valence-electron chi connectivity index (χ0n) is 11.2. The number of aromatic nitrogens is 3. The van der Waals surface area contributed by atoms with Gasteiger partial charge in [0.1, 0.15) is 5.82 Å². The fourth-order valence-corrected chi connectivity index (χ4v) is 2.99. The molecule has 0 unspecified atom stereocenters. The van der Waals surface area contributed by atoms with Gasteiger partial charge >= 0.3 is 0 Å². The SMILES string of the molecule is CCOCCSc1nnc([C@H]2CCCNC2)n1C. The molecular formula is C12H22N4OS. The van der Waals surface area contributed by atoms with E-state index in [1.165, 1.54) is 12.8 Å². The normalized spacial score (nSPS) is 20.2. The fraction of sp³-hybridized carbons (Fsp3) is 0.833. The standard InChI is InChI=1S/C12H22N4OS/c1-3-17-7-8-18-12-15-14-11(16(12)2)10-5-4-6-13-9-10/h10,13H,3-9H2,1-2H3/t10-/m0/s1. The highest BCUT2D eigenvalue weighted by atomic mass is 32.2. The van der Waals surface area contributed by atoms with E-state index in [-0.39, 0.29) is 0 Å². The van der Waals surface area contributed by atoms with Crippen molar-refractivity contribution >= 4 is 11.8 Å². The molecule has 5 nitrogen and oxygen atoms in total. The maximum absolute atomic E-state index is 5.33. The number of ether oxygens (including phenoxy) is 1. The summed E-state index contributed by atoms with van der Waals surface area (Å²) in [4.78, 5) is 0. The summed E-state index contributed by atoms with van der Waals surface area (Å²) in [6.45, 7) is 5.72. The van der Waals surface area contributed by atoms with Crippen molar-refractivity contribution in [2.45, 2.75) is 30.8 Å². The van der Waals surface area contributed by atoms with Crippen LogP contribution in [0.4, 0.5) is 0 Å². The quantitative estimate of drug-likeness (QED) is 0.626. The molecule has 0 radical (unpaired) electrons. The van der Waals surface area contributed by atoms with E-state index in [4.69, 9.17) is 4.74 Å². The molecule has 0 spiro atoms. The molecule has 2 heterocycles. The second kappa shape index (κ2) is 7.11. The van der Waals surface area contributed by atoms with Crippen LogP contribution in [-0.4, -0.2) is 46.8 Å². The first kappa shape index (κ1) is 13.8. The number of piperidine rings is 1. The lowest BCUT2D eigenvalue weighted by Gasteiger charge is -2.21. The Morgan fingerprint density at radius 2 is 2.39 bits per heavy atom. The molecule has 0 saturated carbocycles. The molecule has 18 heavy (non-hydrogen) atoms. The molecule has 1 aliphatic heterocycles. The summed E-state index contributed by atoms with van der Waals surface area (Å²) >= 11 is 1.72. The molecule has 0 aliphatic carbocycles. The minimum absolute atomic E-state index is 0.512. The Labute approximate surface area is 113 Å². The number of nitrogens with one attached hydrogen (secondary N) is 1. The van der Waals surface area contributed by atoms with Crippen molar-refractivity contribution in [3.63, 3.8) is 0 Å². The summed E-state index contributed by atoms with van der Waals surface area (Å²) in [6, 6.07) is 0. The predicted octanol–water partition coefficient (Wildman–Crippen LogP) is 1.41. The largest absolute Gasteiger partial charge is 0.381 e. The van der Waals surface area contributed by atoms with Gasteiger partial charge in [0.05, 0.1) is 6.61 Å². The van der Waals surface area contributed by atoms with E-state index in [1.807, 2.05) is 6.92 Å². The van der Waals surface area contributed by atoms with Gasteiger partial charge in [0, 0.05) is 31.9 Å². The van der Waals surface area contributed by atoms with Crippen LogP contribution >= 0.6 is 11.8 Å². The van der Waals surface area contributed by atoms with E-state index in [2.05, 4.69) is 27.1 Å². The van der Waals surface area contributed by atoms with Crippen LogP contribution in [0, 0.1) is 0 Å². The first-order valence-corrected chi connectivity index (χ1v) is 7.62. The maximum Gasteiger partial charge on any atom is 0.191 e. The van der Waals surface area contributed by atoms with E-state index >= 15 is 0 Å². The van der Waals surface area contributed by atoms with Crippen LogP contribution in [0.3, 0.4) is 0 Å². The van der Waals surface area contributed by atoms with Crippen LogP contribution in [0.2, 0.25) is 0 Å². The lowest BCUT2D eigenvalue weighted by Crippen LogP contribution is -2.29. The minimum atomic E-state index is 0.512. The Hall–Kier alpha value is -0.590. The van der Waals surface area contributed by atoms with Crippen molar-refractivity contribution < 1.29 is 4.74 Å². The molecule has 0 aromatic carbocycles. The maximum atomic E-state index is 5.33. The Balaban J connectivity index is 1.90. The molecule has 1 saturated heterocycles. The van der Waals surface area contributed by atoms with Crippen LogP contribution in [0.15, 0.2) is 5.16 Å². The van der Waals surface area contributed by atoms with Gasteiger partial charge in [-0.2, -0.15) is 0 Å². The molecule has 2 rings (SSSR count). The van der Waals surface area contributed by atoms with Crippen molar-refractivity contribution in [3.8, 4) is 0 Å². The van der Waals surface area contributed by atoms with Crippen LogP contribution in [0.1, 0.15) is 31.5 Å². The highest BCUT2D eigenvalue weighted by Crippen LogP contribution is 2.24. The second-order valence-corrected chi connectivity index (χ2v) is 5.55. The van der Waals surface area contributed by atoms with Gasteiger partial charge in [-0.15, -0.1) is 10.2 Å². The zero-order valence-corrected chi connectivity index (χ0v) is 12.0. The third-order valence-corrected chi connectivity index (χ3v) is 4.18. The number of nitrogens with zero attached hydrogens (tertiary/aromatic N) is 3. The topological polar surface area (TPSA) is 52.0 Å². The molecule has 102 valence electrons. The van der Waals surface area contributed by atoms with Crippen LogP contribution in [-0.2, 0) is 11.8 Å². The summed E-state index contributed by atoms with van der Waals surface area (Å²) in [5, 5.41) is 13.0. The van der Waals surface area contributed by atoms with Crippen molar-refractivity contribution in [1.82, 2.24) is 20.1 Å². The lowest BCUT2D eigenvalue weighted by atomic mass is 9.99. The van der Waals surface area contributed by atoms with Gasteiger partial charge in [-0.3, -0.25) is 0 Å². The summed E-state index contributed by atoms with van der Waals surface area (Å²) in [6.07, 6.45) is 2.44. The number of rotatable bonds is 6. The molecule has 1 N–H and O–H groups in total. The smallest absolute Gasteiger partial charge is 0.191 e. The molecule has 1 aliphatic rings. The van der Waals surface area contributed by atoms with Crippen molar-refractivity contribution in [1.29, 1.82) is 0 Å². The average Bonchev–Trinajstić information content (AvgIpc) is 2.77. The molecule has 6 heteroatoms. The van der Waals surface area contributed by atoms with Crippen molar-refractivity contribution in [2.24, 2.45) is 7.05 Å². The van der Waals surface area contributed by atoms with Gasteiger partial charge in [-0.25, -0.2) is 0 Å². The van der Waals surface area contributed by atoms with E-state index in [0.29, 0.717) is 5.92 Å². The minimum Gasteiger partial charge on any atom is -0.381 e. The Morgan fingerprint density at radius 1 is 1.50 bits per heavy atom. The summed E-state index contributed by atoms with van der Waals surface area (Å²) in [5.41, 5.74) is 0. The van der Waals surface area contributed by atoms with Gasteiger partial charge in [0.25, 0.3) is 0 Å². The number of thioether (sulfide) groups is 1. The third kappa shape index (κ3) is 3.46. The molecular weight excluding hydrogens is 248 g/mol. The van der Waals surface area contributed by atoms with Gasteiger partial charge in [0.15, 0.2) is 5.16 Å². The van der Waals surface area contributed by atoms with E-state index < -0.39 is 0 Å². The highest BCUT2D eigenvalue weighted by Gasteiger charge is 2.21. The first-order chi connectivity index (χ1) is 8.83. The average molecular weight is 270 g/mol. The van der Waals surface area contributed by atoms with Crippen LogP contribution < -0.4 is 5.32 Å². The predicted molar refractivity (Wildman–Crippen MR) is 73.1 cm³/mol. The molecule has 1 fully saturated rings. The van der Waals surface area contributed by atoms with Gasteiger partial charge in [0.2, 0.25) is 0 Å². The Morgan fingerprint density at radius 3 is 3.11 bits per heavy atom. The molecule has 1 atom stereocenters. The Bertz CT molecular complexity index is 363. The summed E-state index contributed by atoms with van der Waals surface area (Å²) in [5.74, 6) is 2.56. The van der Waals surface area contributed by atoms with Crippen LogP contribution in [0.25, 0.3) is 0 Å². The molecule has 0 bridgehead atoms. The molecule has 1 aromatic rings. The molecule has 1 aromatic heterocycles. The number of hydrogen-bond acceptors (Lipinski definition) is 5. The van der Waals surface area contributed by atoms with Crippen molar-refractivity contribution in [3.05, 3.63) is 5.82 Å². The van der Waals surface area contributed by atoms with Crippen molar-refractivity contribution in [2.75, 3.05) is 32.1 Å². The third-order valence-electron chi connectivity index (χ3n) is 3.19. The van der Waals surface area contributed by atoms with E-state index in [1.54, 1.807) is 11.8 Å². The molecule has 0 amide bonds. The monoisotopic (exact) mass is 270 g/mol. The van der Waals surface area contributed by atoms with Crippen LogP contribution in [0.5, 0.6) is 0 Å². The van der Waals surface area contributed by atoms with Gasteiger partial charge < -0.3 is 14.6 Å². The van der Waals surface area contributed by atoms with Gasteiger partial charge in [-0.05, 0) is 26.3 Å². The first-order valence-electron chi connectivity index (χ1n) is 6.63. The second-order valence-electron chi connectivity index (χ2n) is 4.49.